The highest BCUT2D eigenvalue weighted by Gasteiger charge is 2.40. The maximum absolute atomic E-state index is 12.7. The zero-order valence-corrected chi connectivity index (χ0v) is 11.7. The summed E-state index contributed by atoms with van der Waals surface area (Å²) in [6.07, 6.45) is 2.67. The second kappa shape index (κ2) is 4.30. The van der Waals surface area contributed by atoms with Gasteiger partial charge in [-0.1, -0.05) is 6.58 Å². The van der Waals surface area contributed by atoms with Crippen molar-refractivity contribution in [2.24, 2.45) is 0 Å². The van der Waals surface area contributed by atoms with E-state index in [1.54, 1.807) is 12.1 Å². The van der Waals surface area contributed by atoms with Gasteiger partial charge in [0.2, 0.25) is 5.91 Å². The van der Waals surface area contributed by atoms with Crippen LogP contribution in [0.2, 0.25) is 0 Å². The molecular formula is C16H13N3O3. The van der Waals surface area contributed by atoms with E-state index in [0.29, 0.717) is 40.7 Å². The quantitative estimate of drug-likeness (QED) is 0.838. The standard InChI is InChI=1S/C16H13N3O3/c1-8-2-4-11(15(21)18-8)19-14-13-9(6-7-17-14)12(20)5-3-10(13)16(19)22/h3,5-7,11,20H,1-2,4H2,(H,18,21). The molecule has 1 aromatic carbocycles. The minimum absolute atomic E-state index is 0.0959. The van der Waals surface area contributed by atoms with E-state index < -0.39 is 6.04 Å². The predicted octanol–water partition coefficient (Wildman–Crippen LogP) is 1.69. The van der Waals surface area contributed by atoms with Crippen LogP contribution >= 0.6 is 0 Å². The van der Waals surface area contributed by atoms with Crippen LogP contribution in [0.3, 0.4) is 0 Å². The number of phenolic OH excluding ortho intramolecular Hbond substituents is 1. The highest BCUT2D eigenvalue weighted by Crippen LogP contribution is 2.41. The summed E-state index contributed by atoms with van der Waals surface area (Å²) in [6.45, 7) is 3.75. The number of nitrogens with zero attached hydrogens (tertiary/aromatic N) is 2. The number of aromatic nitrogens is 1. The smallest absolute Gasteiger partial charge is 0.260 e. The molecule has 0 saturated carbocycles. The summed E-state index contributed by atoms with van der Waals surface area (Å²) in [4.78, 5) is 30.6. The number of hydrogen-bond donors (Lipinski definition) is 2. The maximum Gasteiger partial charge on any atom is 0.260 e. The van der Waals surface area contributed by atoms with Crippen molar-refractivity contribution < 1.29 is 14.7 Å². The van der Waals surface area contributed by atoms with E-state index in [4.69, 9.17) is 0 Å². The minimum atomic E-state index is -0.606. The molecule has 1 saturated heterocycles. The number of phenols is 1. The van der Waals surface area contributed by atoms with E-state index in [-0.39, 0.29) is 17.6 Å². The molecule has 6 nitrogen and oxygen atoms in total. The molecule has 4 rings (SSSR count). The molecule has 2 amide bonds. The lowest BCUT2D eigenvalue weighted by Gasteiger charge is -2.30. The van der Waals surface area contributed by atoms with Gasteiger partial charge >= 0.3 is 0 Å². The topological polar surface area (TPSA) is 82.5 Å². The zero-order chi connectivity index (χ0) is 15.4. The summed E-state index contributed by atoms with van der Waals surface area (Å²) in [5.41, 5.74) is 1.13. The van der Waals surface area contributed by atoms with Crippen LogP contribution in [0.1, 0.15) is 23.2 Å². The Morgan fingerprint density at radius 3 is 2.91 bits per heavy atom. The van der Waals surface area contributed by atoms with Crippen molar-refractivity contribution in [1.29, 1.82) is 0 Å². The maximum atomic E-state index is 12.7. The van der Waals surface area contributed by atoms with Crippen molar-refractivity contribution in [2.75, 3.05) is 4.90 Å². The number of amides is 2. The fourth-order valence-corrected chi connectivity index (χ4v) is 3.15. The Morgan fingerprint density at radius 2 is 2.14 bits per heavy atom. The zero-order valence-electron chi connectivity index (χ0n) is 11.7. The van der Waals surface area contributed by atoms with Gasteiger partial charge < -0.3 is 10.4 Å². The number of aromatic hydroxyl groups is 1. The van der Waals surface area contributed by atoms with E-state index in [1.807, 2.05) is 0 Å². The third-order valence-corrected chi connectivity index (χ3v) is 4.20. The summed E-state index contributed by atoms with van der Waals surface area (Å²) in [6, 6.07) is 4.12. The average Bonchev–Trinajstić information content (AvgIpc) is 2.77. The number of pyridine rings is 1. The van der Waals surface area contributed by atoms with E-state index >= 15 is 0 Å². The lowest BCUT2D eigenvalue weighted by molar-refractivity contribution is -0.122. The van der Waals surface area contributed by atoms with E-state index in [1.165, 1.54) is 17.2 Å². The molecule has 2 N–H and O–H groups in total. The molecular weight excluding hydrogens is 282 g/mol. The van der Waals surface area contributed by atoms with Crippen molar-refractivity contribution in [3.63, 3.8) is 0 Å². The lowest BCUT2D eigenvalue weighted by atomic mass is 10.0. The largest absolute Gasteiger partial charge is 0.507 e. The summed E-state index contributed by atoms with van der Waals surface area (Å²) >= 11 is 0. The van der Waals surface area contributed by atoms with E-state index in [2.05, 4.69) is 16.9 Å². The van der Waals surface area contributed by atoms with Gasteiger partial charge in [0.25, 0.3) is 5.91 Å². The van der Waals surface area contributed by atoms with Crippen molar-refractivity contribution in [2.45, 2.75) is 18.9 Å². The Hall–Kier alpha value is -2.89. The Bertz CT molecular complexity index is 859. The van der Waals surface area contributed by atoms with Crippen molar-refractivity contribution in [3.05, 3.63) is 42.2 Å². The molecule has 1 unspecified atom stereocenters. The third kappa shape index (κ3) is 1.57. The second-order valence-electron chi connectivity index (χ2n) is 5.51. The van der Waals surface area contributed by atoms with Gasteiger partial charge in [-0.3, -0.25) is 14.5 Å². The summed E-state index contributed by atoms with van der Waals surface area (Å²) in [5.74, 6) is 0.0198. The second-order valence-corrected chi connectivity index (χ2v) is 5.51. The van der Waals surface area contributed by atoms with Gasteiger partial charge in [-0.15, -0.1) is 0 Å². The molecule has 0 radical (unpaired) electrons. The van der Waals surface area contributed by atoms with Crippen LogP contribution in [-0.4, -0.2) is 27.9 Å². The molecule has 2 aliphatic heterocycles. The monoisotopic (exact) mass is 295 g/mol. The SMILES string of the molecule is C=C1CCC(N2C(=O)c3ccc(O)c4ccnc2c34)C(=O)N1. The highest BCUT2D eigenvalue weighted by atomic mass is 16.3. The molecule has 0 bridgehead atoms. The fourth-order valence-electron chi connectivity index (χ4n) is 3.15. The molecule has 0 aliphatic carbocycles. The van der Waals surface area contributed by atoms with Crippen LogP contribution in [0.25, 0.3) is 10.8 Å². The third-order valence-electron chi connectivity index (χ3n) is 4.20. The number of piperidine rings is 1. The number of anilines is 1. The Balaban J connectivity index is 1.89. The highest BCUT2D eigenvalue weighted by molar-refractivity contribution is 6.26. The number of carbonyl (C=O) groups is 2. The number of rotatable bonds is 1. The molecule has 1 atom stereocenters. The lowest BCUT2D eigenvalue weighted by Crippen LogP contribution is -2.51. The van der Waals surface area contributed by atoms with Gasteiger partial charge in [0, 0.05) is 22.7 Å². The number of allylic oxidation sites excluding steroid dienone is 1. The first kappa shape index (κ1) is 12.8. The molecule has 1 aromatic heterocycles. The van der Waals surface area contributed by atoms with Gasteiger partial charge in [-0.05, 0) is 31.0 Å². The normalized spacial score (nSPS) is 20.6. The predicted molar refractivity (Wildman–Crippen MR) is 80.5 cm³/mol. The number of hydrogen-bond acceptors (Lipinski definition) is 4. The minimum Gasteiger partial charge on any atom is -0.507 e. The number of carbonyl (C=O) groups excluding carboxylic acids is 2. The van der Waals surface area contributed by atoms with E-state index in [0.717, 1.165) is 0 Å². The molecule has 2 aliphatic rings. The van der Waals surface area contributed by atoms with Gasteiger partial charge in [0.1, 0.15) is 17.6 Å². The van der Waals surface area contributed by atoms with Gasteiger partial charge in [-0.25, -0.2) is 4.98 Å². The van der Waals surface area contributed by atoms with Crippen LogP contribution in [-0.2, 0) is 4.79 Å². The first-order valence-corrected chi connectivity index (χ1v) is 7.01. The van der Waals surface area contributed by atoms with Gasteiger partial charge in [0.15, 0.2) is 0 Å². The van der Waals surface area contributed by atoms with Crippen LogP contribution in [0, 0.1) is 0 Å². The molecule has 22 heavy (non-hydrogen) atoms. The Kier molecular flexibility index (Phi) is 2.51. The first-order chi connectivity index (χ1) is 10.6. The van der Waals surface area contributed by atoms with Gasteiger partial charge in [-0.2, -0.15) is 0 Å². The van der Waals surface area contributed by atoms with Crippen LogP contribution in [0.4, 0.5) is 5.82 Å². The first-order valence-electron chi connectivity index (χ1n) is 7.01. The van der Waals surface area contributed by atoms with Crippen LogP contribution in [0.5, 0.6) is 5.75 Å². The molecule has 1 fully saturated rings. The van der Waals surface area contributed by atoms with Crippen molar-refractivity contribution >= 4 is 28.4 Å². The molecule has 2 aromatic rings. The molecule has 0 spiro atoms. The molecule has 3 heterocycles. The van der Waals surface area contributed by atoms with Crippen molar-refractivity contribution in [1.82, 2.24) is 10.3 Å². The summed E-state index contributed by atoms with van der Waals surface area (Å²) < 4.78 is 0. The summed E-state index contributed by atoms with van der Waals surface area (Å²) in [5, 5.41) is 13.8. The molecule has 6 heteroatoms. The Morgan fingerprint density at radius 1 is 1.32 bits per heavy atom. The molecule has 110 valence electrons. The van der Waals surface area contributed by atoms with Crippen molar-refractivity contribution in [3.8, 4) is 5.75 Å². The van der Waals surface area contributed by atoms with Crippen LogP contribution in [0.15, 0.2) is 36.7 Å². The van der Waals surface area contributed by atoms with E-state index in [9.17, 15) is 14.7 Å². The van der Waals surface area contributed by atoms with Gasteiger partial charge in [0.05, 0.1) is 5.56 Å². The summed E-state index contributed by atoms with van der Waals surface area (Å²) in [7, 11) is 0. The average molecular weight is 295 g/mol. The fraction of sp³-hybridized carbons (Fsp3) is 0.188. The number of benzene rings is 1. The number of nitrogens with one attached hydrogen (secondary N) is 1. The Labute approximate surface area is 126 Å². The van der Waals surface area contributed by atoms with Crippen LogP contribution < -0.4 is 10.2 Å².